The highest BCUT2D eigenvalue weighted by molar-refractivity contribution is 8.09. The number of aromatic nitrogens is 2. The number of imidazole rings is 1. The van der Waals surface area contributed by atoms with E-state index in [-0.39, 0.29) is 0 Å². The van der Waals surface area contributed by atoms with Gasteiger partial charge in [-0.2, -0.15) is 0 Å². The van der Waals surface area contributed by atoms with Gasteiger partial charge in [-0.25, -0.2) is 9.13 Å². The molecule has 0 saturated heterocycles. The quantitative estimate of drug-likeness (QED) is 0.444. The zero-order valence-corrected chi connectivity index (χ0v) is 10.8. The van der Waals surface area contributed by atoms with Gasteiger partial charge in [0.1, 0.15) is 18.9 Å². The van der Waals surface area contributed by atoms with E-state index in [4.69, 9.17) is 11.8 Å². The molecule has 0 atom stereocenters. The summed E-state index contributed by atoms with van der Waals surface area (Å²) in [5, 5.41) is 0. The lowest BCUT2D eigenvalue weighted by molar-refractivity contribution is -0.671. The second kappa shape index (κ2) is 5.38. The smallest absolute Gasteiger partial charge is 0.240 e. The van der Waals surface area contributed by atoms with Gasteiger partial charge < -0.3 is 0 Å². The van der Waals surface area contributed by atoms with Gasteiger partial charge in [0.15, 0.2) is 0 Å². The highest BCUT2D eigenvalue weighted by atomic mass is 32.4. The van der Waals surface area contributed by atoms with Crippen LogP contribution in [0.3, 0.4) is 0 Å². The van der Waals surface area contributed by atoms with E-state index >= 15 is 0 Å². The summed E-state index contributed by atoms with van der Waals surface area (Å²) < 4.78 is 4.20. The Bertz CT molecular complexity index is 481. The van der Waals surface area contributed by atoms with E-state index in [9.17, 15) is 0 Å². The maximum absolute atomic E-state index is 4.88. The third-order valence-electron chi connectivity index (χ3n) is 2.37. The Kier molecular flexibility index (Phi) is 3.86. The van der Waals surface area contributed by atoms with Crippen LogP contribution in [-0.2, 0) is 25.4 Å². The molecule has 79 valence electrons. The van der Waals surface area contributed by atoms with Crippen molar-refractivity contribution in [2.75, 3.05) is 0 Å². The normalized spacial score (nSPS) is 10.6. The van der Waals surface area contributed by atoms with Crippen molar-refractivity contribution in [1.29, 1.82) is 0 Å². The molecule has 0 saturated carbocycles. The second-order valence-electron chi connectivity index (χ2n) is 3.73. The molecule has 0 fully saturated rings. The fourth-order valence-electron chi connectivity index (χ4n) is 1.58. The molecule has 5 heteroatoms. The molecule has 1 heterocycles. The third-order valence-corrected chi connectivity index (χ3v) is 3.09. The number of benzene rings is 1. The molecule has 1 radical (unpaired) electrons. The van der Waals surface area contributed by atoms with Crippen LogP contribution in [0.4, 0.5) is 0 Å². The minimum atomic E-state index is 0.888. The first-order chi connectivity index (χ1) is 7.78. The Morgan fingerprint density at radius 3 is 2.69 bits per heavy atom. The highest BCUT2D eigenvalue weighted by Gasteiger charge is 2.01. The second-order valence-corrected chi connectivity index (χ2v) is 4.83. The number of hydrogen-bond donors (Lipinski definition) is 0. The molecule has 0 unspecified atom stereocenters. The van der Waals surface area contributed by atoms with Gasteiger partial charge in [-0.3, -0.25) is 0 Å². The van der Waals surface area contributed by atoms with Crippen LogP contribution in [0.1, 0.15) is 5.56 Å². The highest BCUT2D eigenvalue weighted by Crippen LogP contribution is 2.01. The molecule has 2 rings (SSSR count). The third kappa shape index (κ3) is 3.00. The summed E-state index contributed by atoms with van der Waals surface area (Å²) in [6, 6.07) is 8.51. The average Bonchev–Trinajstić information content (AvgIpc) is 2.67. The molecule has 1 aromatic heterocycles. The molecule has 0 aliphatic carbocycles. The van der Waals surface area contributed by atoms with Gasteiger partial charge in [-0.15, -0.1) is 0 Å². The summed E-state index contributed by atoms with van der Waals surface area (Å²) in [4.78, 5) is 0. The first kappa shape index (κ1) is 11.5. The molecule has 0 amide bonds. The first-order valence-corrected chi connectivity index (χ1v) is 7.01. The van der Waals surface area contributed by atoms with E-state index in [1.54, 1.807) is 0 Å². The lowest BCUT2D eigenvalue weighted by Crippen LogP contribution is -2.23. The van der Waals surface area contributed by atoms with Gasteiger partial charge in [0, 0.05) is 0 Å². The van der Waals surface area contributed by atoms with E-state index in [1.807, 2.05) is 24.8 Å². The summed E-state index contributed by atoms with van der Waals surface area (Å²) in [7, 11) is 2.91. The molecular formula is C11H12BN2PS+. The Balaban J connectivity index is 2.07. The van der Waals surface area contributed by atoms with Gasteiger partial charge in [-0.05, 0) is 5.56 Å². The molecule has 2 nitrogen and oxygen atoms in total. The molecule has 0 bridgehead atoms. The lowest BCUT2D eigenvalue weighted by Gasteiger charge is -1.99. The minimum absolute atomic E-state index is 0.888. The molecular weight excluding hydrogens is 234 g/mol. The standard InChI is InChI=1S/C11H12BN2PS/c1-13-6-7-14(9-13)8-10-2-4-11(5-3-10)12-15-16/h2-7,9H,8H2,1H3/q+1. The predicted octanol–water partition coefficient (Wildman–Crippen LogP) is 1.01. The van der Waals surface area contributed by atoms with Crippen molar-refractivity contribution in [2.24, 2.45) is 7.05 Å². The first-order valence-electron chi connectivity index (χ1n) is 5.03. The van der Waals surface area contributed by atoms with Gasteiger partial charge >= 0.3 is 0 Å². The molecule has 0 N–H and O–H groups in total. The number of aryl methyl sites for hydroxylation is 1. The molecule has 16 heavy (non-hydrogen) atoms. The SMILES string of the molecule is C[n+]1ccn(Cc2ccc([B]P=S)cc2)c1. The van der Waals surface area contributed by atoms with Crippen LogP contribution in [0, 0.1) is 0 Å². The van der Waals surface area contributed by atoms with Crippen LogP contribution < -0.4 is 10.0 Å². The fraction of sp³-hybridized carbons (Fsp3) is 0.182. The van der Waals surface area contributed by atoms with Gasteiger partial charge in [0.2, 0.25) is 13.3 Å². The van der Waals surface area contributed by atoms with Crippen molar-refractivity contribution >= 4 is 31.5 Å². The molecule has 0 spiro atoms. The predicted molar refractivity (Wildman–Crippen MR) is 70.8 cm³/mol. The van der Waals surface area contributed by atoms with Crippen molar-refractivity contribution in [2.45, 2.75) is 6.54 Å². The Hall–Kier alpha value is -0.985. The largest absolute Gasteiger partial charge is 0.243 e. The van der Waals surface area contributed by atoms with E-state index in [0.29, 0.717) is 0 Å². The fourth-order valence-corrected chi connectivity index (χ4v) is 2.24. The maximum Gasteiger partial charge on any atom is 0.243 e. The lowest BCUT2D eigenvalue weighted by atomic mass is 9.93. The monoisotopic (exact) mass is 246 g/mol. The van der Waals surface area contributed by atoms with Crippen LogP contribution in [-0.4, -0.2) is 11.6 Å². The van der Waals surface area contributed by atoms with Crippen LogP contribution >= 0.6 is 7.23 Å². The van der Waals surface area contributed by atoms with Crippen LogP contribution in [0.15, 0.2) is 43.0 Å². The minimum Gasteiger partial charge on any atom is -0.240 e. The Labute approximate surface area is 103 Å². The van der Waals surface area contributed by atoms with E-state index < -0.39 is 0 Å². The van der Waals surface area contributed by atoms with Crippen LogP contribution in [0.5, 0.6) is 0 Å². The average molecular weight is 246 g/mol. The Morgan fingerprint density at radius 1 is 1.38 bits per heavy atom. The molecule has 1 aromatic carbocycles. The van der Waals surface area contributed by atoms with Crippen LogP contribution in [0.2, 0.25) is 0 Å². The number of nitrogens with zero attached hydrogens (tertiary/aromatic N) is 2. The van der Waals surface area contributed by atoms with E-state index in [0.717, 1.165) is 13.8 Å². The van der Waals surface area contributed by atoms with Crippen molar-refractivity contribution in [3.05, 3.63) is 48.5 Å². The van der Waals surface area contributed by atoms with Crippen LogP contribution in [0.25, 0.3) is 0 Å². The number of rotatable bonds is 4. The van der Waals surface area contributed by atoms with Gasteiger partial charge in [0.25, 0.3) is 0 Å². The number of hydrogen-bond acceptors (Lipinski definition) is 1. The van der Waals surface area contributed by atoms with Gasteiger partial charge in [-0.1, -0.05) is 48.8 Å². The van der Waals surface area contributed by atoms with Crippen molar-refractivity contribution < 1.29 is 4.57 Å². The molecule has 0 aliphatic heterocycles. The molecule has 0 aliphatic rings. The summed E-state index contributed by atoms with van der Waals surface area (Å²) >= 11 is 4.88. The molecule has 2 aromatic rings. The van der Waals surface area contributed by atoms with E-state index in [2.05, 4.69) is 41.4 Å². The summed E-state index contributed by atoms with van der Waals surface area (Å²) in [5.74, 6) is 0. The maximum atomic E-state index is 4.88. The van der Waals surface area contributed by atoms with Crippen molar-refractivity contribution in [3.63, 3.8) is 0 Å². The zero-order chi connectivity index (χ0) is 11.4. The van der Waals surface area contributed by atoms with Crippen molar-refractivity contribution in [1.82, 2.24) is 4.57 Å². The summed E-state index contributed by atoms with van der Waals surface area (Å²) in [6.07, 6.45) is 6.18. The van der Waals surface area contributed by atoms with Gasteiger partial charge in [0.05, 0.1) is 7.05 Å². The van der Waals surface area contributed by atoms with E-state index in [1.165, 1.54) is 11.0 Å². The zero-order valence-electron chi connectivity index (χ0n) is 9.08. The summed E-state index contributed by atoms with van der Waals surface area (Å²) in [6.45, 7) is 2.93. The van der Waals surface area contributed by atoms with Crippen molar-refractivity contribution in [3.8, 4) is 0 Å². The Morgan fingerprint density at radius 2 is 2.12 bits per heavy atom. The summed E-state index contributed by atoms with van der Waals surface area (Å²) in [5.41, 5.74) is 2.49. The topological polar surface area (TPSA) is 8.81 Å².